The Bertz CT molecular complexity index is 3070. The standard InChI is InChI=1S/C56H42.2C2H6/c1-5-40(32-41-18-7-6-17-37(41)2)42-21-16-22-43(33-42)55(31-39(4)54-34-44-19-8-10-23-47(44)49-25-12-14-27-51(49)54)53-35-46(30-29-38(53)3)56-36-45-20-9-11-24-48(45)50-26-13-15-28-52(50)56;2*1-2/h5-36H,1,4H2,2-3H3;2*1-2H3/b40-32+,55-31-;;. The molecule has 0 heterocycles. The Morgan fingerprint density at radius 3 is 1.67 bits per heavy atom. The van der Waals surface area contributed by atoms with Gasteiger partial charge in [-0.3, -0.25) is 0 Å². The molecule has 9 rings (SSSR count). The van der Waals surface area contributed by atoms with Gasteiger partial charge in [-0.05, 0) is 160 Å². The van der Waals surface area contributed by atoms with E-state index in [1.807, 2.05) is 33.8 Å². The third kappa shape index (κ3) is 8.15. The van der Waals surface area contributed by atoms with Crippen molar-refractivity contribution >= 4 is 65.9 Å². The van der Waals surface area contributed by atoms with Gasteiger partial charge in [0.05, 0.1) is 0 Å². The average Bonchev–Trinajstić information content (AvgIpc) is 3.31. The van der Waals surface area contributed by atoms with Gasteiger partial charge in [-0.25, -0.2) is 0 Å². The van der Waals surface area contributed by atoms with Crippen LogP contribution < -0.4 is 0 Å². The minimum absolute atomic E-state index is 0.965. The number of benzene rings is 9. The maximum atomic E-state index is 4.79. The van der Waals surface area contributed by atoms with Gasteiger partial charge in [-0.1, -0.05) is 199 Å². The maximum absolute atomic E-state index is 4.79. The third-order valence-electron chi connectivity index (χ3n) is 11.3. The van der Waals surface area contributed by atoms with Gasteiger partial charge in [0, 0.05) is 0 Å². The van der Waals surface area contributed by atoms with Crippen molar-refractivity contribution in [1.82, 2.24) is 0 Å². The van der Waals surface area contributed by atoms with Crippen LogP contribution in [0.4, 0.5) is 0 Å². The van der Waals surface area contributed by atoms with Crippen LogP contribution >= 0.6 is 0 Å². The molecule has 60 heavy (non-hydrogen) atoms. The zero-order valence-electron chi connectivity index (χ0n) is 35.9. The second kappa shape index (κ2) is 18.7. The Labute approximate surface area is 357 Å². The Balaban J connectivity index is 0.00000132. The maximum Gasteiger partial charge on any atom is -0.00988 e. The molecule has 0 aliphatic heterocycles. The quantitative estimate of drug-likeness (QED) is 0.0819. The van der Waals surface area contributed by atoms with E-state index in [4.69, 9.17) is 6.58 Å². The van der Waals surface area contributed by atoms with E-state index < -0.39 is 0 Å². The normalized spacial score (nSPS) is 11.5. The van der Waals surface area contributed by atoms with E-state index in [9.17, 15) is 0 Å². The molecular formula is C60H54. The fraction of sp³-hybridized carbons (Fsp3) is 0.100. The summed E-state index contributed by atoms with van der Waals surface area (Å²) >= 11 is 0. The van der Waals surface area contributed by atoms with Crippen molar-refractivity contribution < 1.29 is 0 Å². The van der Waals surface area contributed by atoms with Gasteiger partial charge in [0.2, 0.25) is 0 Å². The van der Waals surface area contributed by atoms with Crippen molar-refractivity contribution in [1.29, 1.82) is 0 Å². The summed E-state index contributed by atoms with van der Waals surface area (Å²) in [5.74, 6) is 0. The van der Waals surface area contributed by atoms with Crippen LogP contribution in [0.2, 0.25) is 0 Å². The Morgan fingerprint density at radius 2 is 1.00 bits per heavy atom. The van der Waals surface area contributed by atoms with Crippen molar-refractivity contribution in [2.24, 2.45) is 0 Å². The van der Waals surface area contributed by atoms with Crippen molar-refractivity contribution in [3.05, 3.63) is 240 Å². The second-order valence-corrected chi connectivity index (χ2v) is 14.7. The van der Waals surface area contributed by atoms with Crippen LogP contribution in [-0.2, 0) is 0 Å². The SMILES string of the molecule is C=C/C(=C\c1ccccc1C)c1cccc(/C(=C/C(=C)c2cc3ccccc3c3ccccc23)c2cc(-c3cc4ccccc4c4ccccc34)ccc2C)c1.CC.CC. The zero-order chi connectivity index (χ0) is 42.2. The number of fused-ring (bicyclic) bond motifs is 6. The summed E-state index contributed by atoms with van der Waals surface area (Å²) in [7, 11) is 0. The van der Waals surface area contributed by atoms with Crippen LogP contribution in [-0.4, -0.2) is 0 Å². The molecular weight excluding hydrogens is 721 g/mol. The predicted octanol–water partition coefficient (Wildman–Crippen LogP) is 17.5. The topological polar surface area (TPSA) is 0 Å². The zero-order valence-corrected chi connectivity index (χ0v) is 35.9. The summed E-state index contributed by atoms with van der Waals surface area (Å²) in [6.07, 6.45) is 6.51. The molecule has 0 aromatic heterocycles. The van der Waals surface area contributed by atoms with Gasteiger partial charge in [0.15, 0.2) is 0 Å². The summed E-state index contributed by atoms with van der Waals surface area (Å²) in [6, 6.07) is 63.8. The Hall–Kier alpha value is -7.02. The smallest absolute Gasteiger partial charge is 0.00988 e. The summed E-state index contributed by atoms with van der Waals surface area (Å²) in [4.78, 5) is 0. The van der Waals surface area contributed by atoms with Gasteiger partial charge >= 0.3 is 0 Å². The molecule has 0 amide bonds. The Morgan fingerprint density at radius 1 is 0.450 bits per heavy atom. The van der Waals surface area contributed by atoms with Gasteiger partial charge in [0.25, 0.3) is 0 Å². The Kier molecular flexibility index (Phi) is 12.8. The van der Waals surface area contributed by atoms with Crippen LogP contribution in [0.3, 0.4) is 0 Å². The minimum atomic E-state index is 0.965. The number of hydrogen-bond acceptors (Lipinski definition) is 0. The lowest BCUT2D eigenvalue weighted by molar-refractivity contribution is 1.41. The van der Waals surface area contributed by atoms with Gasteiger partial charge in [-0.2, -0.15) is 0 Å². The first-order valence-electron chi connectivity index (χ1n) is 21.3. The van der Waals surface area contributed by atoms with E-state index in [0.717, 1.165) is 33.4 Å². The molecule has 0 aliphatic carbocycles. The van der Waals surface area contributed by atoms with Crippen LogP contribution in [0.25, 0.3) is 77.0 Å². The number of aryl methyl sites for hydroxylation is 2. The number of rotatable bonds is 8. The van der Waals surface area contributed by atoms with Crippen LogP contribution in [0.5, 0.6) is 0 Å². The van der Waals surface area contributed by atoms with Gasteiger partial charge in [-0.15, -0.1) is 0 Å². The van der Waals surface area contributed by atoms with Gasteiger partial charge < -0.3 is 0 Å². The molecule has 0 bridgehead atoms. The summed E-state index contributed by atoms with van der Waals surface area (Å²) in [5, 5.41) is 9.91. The molecule has 0 saturated heterocycles. The summed E-state index contributed by atoms with van der Waals surface area (Å²) < 4.78 is 0. The largest absolute Gasteiger partial charge is 0.0984 e. The fourth-order valence-corrected chi connectivity index (χ4v) is 8.30. The molecule has 0 aliphatic rings. The fourth-order valence-electron chi connectivity index (χ4n) is 8.30. The van der Waals surface area contributed by atoms with Crippen molar-refractivity contribution in [3.8, 4) is 11.1 Å². The second-order valence-electron chi connectivity index (χ2n) is 14.7. The lowest BCUT2D eigenvalue weighted by Crippen LogP contribution is -1.96. The molecule has 0 N–H and O–H groups in total. The highest BCUT2D eigenvalue weighted by molar-refractivity contribution is 6.15. The molecule has 0 spiro atoms. The molecule has 0 nitrogen and oxygen atoms in total. The van der Waals surface area contributed by atoms with E-state index >= 15 is 0 Å². The lowest BCUT2D eigenvalue weighted by Gasteiger charge is -2.18. The van der Waals surface area contributed by atoms with Crippen molar-refractivity contribution in [2.45, 2.75) is 41.5 Å². The molecule has 0 unspecified atom stereocenters. The highest BCUT2D eigenvalue weighted by Crippen LogP contribution is 2.40. The highest BCUT2D eigenvalue weighted by atomic mass is 14.2. The van der Waals surface area contributed by atoms with E-state index in [0.29, 0.717) is 0 Å². The minimum Gasteiger partial charge on any atom is -0.0984 e. The van der Waals surface area contributed by atoms with Gasteiger partial charge in [0.1, 0.15) is 0 Å². The lowest BCUT2D eigenvalue weighted by atomic mass is 9.86. The van der Waals surface area contributed by atoms with Crippen LogP contribution in [0.1, 0.15) is 66.6 Å². The average molecular weight is 775 g/mol. The van der Waals surface area contributed by atoms with Crippen LogP contribution in [0, 0.1) is 13.8 Å². The molecule has 294 valence electrons. The summed E-state index contributed by atoms with van der Waals surface area (Å²) in [6.45, 7) is 21.4. The number of allylic oxidation sites excluding steroid dienone is 4. The first kappa shape index (κ1) is 41.2. The molecule has 0 radical (unpaired) electrons. The third-order valence-corrected chi connectivity index (χ3v) is 11.3. The molecule has 9 aromatic carbocycles. The highest BCUT2D eigenvalue weighted by Gasteiger charge is 2.16. The molecule has 0 heteroatoms. The van der Waals surface area contributed by atoms with E-state index in [1.165, 1.54) is 76.5 Å². The van der Waals surface area contributed by atoms with Crippen molar-refractivity contribution in [3.63, 3.8) is 0 Å². The monoisotopic (exact) mass is 774 g/mol. The van der Waals surface area contributed by atoms with Crippen LogP contribution in [0.15, 0.2) is 201 Å². The molecule has 0 saturated carbocycles. The molecule has 0 atom stereocenters. The molecule has 9 aromatic rings. The van der Waals surface area contributed by atoms with E-state index in [1.54, 1.807) is 0 Å². The number of hydrogen-bond donors (Lipinski definition) is 0. The first-order chi connectivity index (χ1) is 29.5. The predicted molar refractivity (Wildman–Crippen MR) is 268 cm³/mol. The summed E-state index contributed by atoms with van der Waals surface area (Å²) in [5.41, 5.74) is 13.7. The molecule has 0 fully saturated rings. The first-order valence-corrected chi connectivity index (χ1v) is 21.3. The van der Waals surface area contributed by atoms with E-state index in [2.05, 4.69) is 209 Å². The van der Waals surface area contributed by atoms with Crippen molar-refractivity contribution in [2.75, 3.05) is 0 Å². The van der Waals surface area contributed by atoms with E-state index in [-0.39, 0.29) is 0 Å².